The first-order valence-electron chi connectivity index (χ1n) is 2.98. The lowest BCUT2D eigenvalue weighted by Crippen LogP contribution is -2.01. The van der Waals surface area contributed by atoms with Gasteiger partial charge in [0.15, 0.2) is 0 Å². The predicted molar refractivity (Wildman–Crippen MR) is 44.4 cm³/mol. The molecule has 0 radical (unpaired) electrons. The Morgan fingerprint density at radius 2 is 2.44 bits per heavy atom. The standard InChI is InChI=1S/C6H10ClNS/c1-2-6(3-4-7)8-5-9/h6H,2-4H2,1H3/t6-/m1/s1. The first-order chi connectivity index (χ1) is 4.35. The number of halogens is 1. The Balaban J connectivity index is 3.53. The topological polar surface area (TPSA) is 12.4 Å². The molecule has 0 bridgehead atoms. The van der Waals surface area contributed by atoms with Crippen LogP contribution in [0.1, 0.15) is 19.8 Å². The minimum Gasteiger partial charge on any atom is -0.229 e. The summed E-state index contributed by atoms with van der Waals surface area (Å²) in [4.78, 5) is 3.91. The van der Waals surface area contributed by atoms with Crippen molar-refractivity contribution in [2.24, 2.45) is 4.99 Å². The van der Waals surface area contributed by atoms with Gasteiger partial charge in [-0.05, 0) is 25.1 Å². The molecule has 0 spiro atoms. The van der Waals surface area contributed by atoms with Gasteiger partial charge < -0.3 is 0 Å². The van der Waals surface area contributed by atoms with Crippen molar-refractivity contribution in [1.29, 1.82) is 0 Å². The fourth-order valence-electron chi connectivity index (χ4n) is 0.560. The van der Waals surface area contributed by atoms with Gasteiger partial charge >= 0.3 is 0 Å². The van der Waals surface area contributed by atoms with Gasteiger partial charge in [0.1, 0.15) is 0 Å². The Kier molecular flexibility index (Phi) is 6.28. The van der Waals surface area contributed by atoms with Gasteiger partial charge in [0.25, 0.3) is 0 Å². The molecule has 9 heavy (non-hydrogen) atoms. The maximum atomic E-state index is 5.49. The Labute approximate surface area is 66.1 Å². The lowest BCUT2D eigenvalue weighted by molar-refractivity contribution is 0.639. The van der Waals surface area contributed by atoms with Gasteiger partial charge in [-0.1, -0.05) is 6.92 Å². The van der Waals surface area contributed by atoms with Crippen LogP contribution in [0.3, 0.4) is 0 Å². The number of rotatable bonds is 4. The van der Waals surface area contributed by atoms with Crippen LogP contribution in [-0.2, 0) is 0 Å². The number of alkyl halides is 1. The quantitative estimate of drug-likeness (QED) is 0.353. The zero-order valence-electron chi connectivity index (χ0n) is 5.43. The number of aliphatic imine (C=N–C) groups is 1. The van der Waals surface area contributed by atoms with Crippen molar-refractivity contribution in [1.82, 2.24) is 0 Å². The molecule has 0 N–H and O–H groups in total. The van der Waals surface area contributed by atoms with E-state index in [0.717, 1.165) is 12.8 Å². The number of thiocarbonyl (C=S) groups is 1. The average Bonchev–Trinajstić information content (AvgIpc) is 1.88. The van der Waals surface area contributed by atoms with Gasteiger partial charge in [-0.15, -0.1) is 11.6 Å². The van der Waals surface area contributed by atoms with Crippen LogP contribution in [0, 0.1) is 0 Å². The molecule has 0 aliphatic carbocycles. The first kappa shape index (κ1) is 9.09. The molecule has 0 aromatic heterocycles. The molecule has 0 aliphatic rings. The summed E-state index contributed by atoms with van der Waals surface area (Å²) in [6.45, 7) is 2.06. The average molecular weight is 164 g/mol. The van der Waals surface area contributed by atoms with Crippen molar-refractivity contribution < 1.29 is 0 Å². The summed E-state index contributed by atoms with van der Waals surface area (Å²) in [7, 11) is 0. The molecule has 3 heteroatoms. The Morgan fingerprint density at radius 1 is 1.78 bits per heavy atom. The van der Waals surface area contributed by atoms with Crippen LogP contribution < -0.4 is 0 Å². The number of hydrogen-bond acceptors (Lipinski definition) is 2. The van der Waals surface area contributed by atoms with Crippen molar-refractivity contribution in [2.75, 3.05) is 5.88 Å². The molecule has 0 saturated carbocycles. The summed E-state index contributed by atoms with van der Waals surface area (Å²) in [6, 6.07) is 0.292. The van der Waals surface area contributed by atoms with E-state index in [4.69, 9.17) is 11.6 Å². The highest BCUT2D eigenvalue weighted by Gasteiger charge is 1.99. The van der Waals surface area contributed by atoms with Crippen LogP contribution in [0.15, 0.2) is 4.99 Å². The van der Waals surface area contributed by atoms with E-state index in [1.165, 1.54) is 0 Å². The Morgan fingerprint density at radius 3 is 2.78 bits per heavy atom. The second-order valence-electron chi connectivity index (χ2n) is 1.76. The molecular weight excluding hydrogens is 154 g/mol. The molecule has 0 fully saturated rings. The Hall–Kier alpha value is 0.0900. The zero-order valence-corrected chi connectivity index (χ0v) is 7.00. The third kappa shape index (κ3) is 4.58. The molecule has 0 rings (SSSR count). The van der Waals surface area contributed by atoms with Crippen molar-refractivity contribution in [3.8, 4) is 0 Å². The van der Waals surface area contributed by atoms with Crippen molar-refractivity contribution in [2.45, 2.75) is 25.8 Å². The lowest BCUT2D eigenvalue weighted by atomic mass is 10.2. The number of isothiocyanates is 1. The maximum Gasteiger partial charge on any atom is 0.0611 e. The van der Waals surface area contributed by atoms with Crippen LogP contribution >= 0.6 is 23.8 Å². The fourth-order valence-corrected chi connectivity index (χ4v) is 0.961. The van der Waals surface area contributed by atoms with E-state index >= 15 is 0 Å². The summed E-state index contributed by atoms with van der Waals surface area (Å²) >= 11 is 9.94. The zero-order chi connectivity index (χ0) is 7.11. The van der Waals surface area contributed by atoms with E-state index in [2.05, 4.69) is 29.3 Å². The van der Waals surface area contributed by atoms with E-state index in [0.29, 0.717) is 11.9 Å². The summed E-state index contributed by atoms with van der Waals surface area (Å²) < 4.78 is 0. The van der Waals surface area contributed by atoms with Gasteiger partial charge in [0.05, 0.1) is 11.2 Å². The van der Waals surface area contributed by atoms with Crippen molar-refractivity contribution in [3.63, 3.8) is 0 Å². The van der Waals surface area contributed by atoms with Gasteiger partial charge in [-0.25, -0.2) is 4.99 Å². The molecule has 1 nitrogen and oxygen atoms in total. The van der Waals surface area contributed by atoms with Crippen molar-refractivity contribution in [3.05, 3.63) is 0 Å². The SMILES string of the molecule is CC[C@H](CCCl)N=C=S. The summed E-state index contributed by atoms with van der Waals surface area (Å²) in [5.74, 6) is 0.652. The largest absolute Gasteiger partial charge is 0.229 e. The van der Waals surface area contributed by atoms with Crippen LogP contribution in [0.5, 0.6) is 0 Å². The minimum atomic E-state index is 0.292. The van der Waals surface area contributed by atoms with Gasteiger partial charge in [0, 0.05) is 5.88 Å². The summed E-state index contributed by atoms with van der Waals surface area (Å²) in [5.41, 5.74) is 0. The highest BCUT2D eigenvalue weighted by atomic mass is 35.5. The van der Waals surface area contributed by atoms with E-state index in [1.807, 2.05) is 0 Å². The smallest absolute Gasteiger partial charge is 0.0611 e. The van der Waals surface area contributed by atoms with Crippen molar-refractivity contribution >= 4 is 29.0 Å². The minimum absolute atomic E-state index is 0.292. The molecular formula is C6H10ClNS. The lowest BCUT2D eigenvalue weighted by Gasteiger charge is -2.02. The second kappa shape index (κ2) is 6.21. The van der Waals surface area contributed by atoms with E-state index in [1.54, 1.807) is 0 Å². The van der Waals surface area contributed by atoms with Crippen LogP contribution in [0.2, 0.25) is 0 Å². The van der Waals surface area contributed by atoms with E-state index in [9.17, 15) is 0 Å². The Bertz CT molecular complexity index is 110. The van der Waals surface area contributed by atoms with Gasteiger partial charge in [0.2, 0.25) is 0 Å². The van der Waals surface area contributed by atoms with E-state index in [-0.39, 0.29) is 0 Å². The molecule has 0 amide bonds. The molecule has 1 atom stereocenters. The monoisotopic (exact) mass is 163 g/mol. The fraction of sp³-hybridized carbons (Fsp3) is 0.833. The second-order valence-corrected chi connectivity index (χ2v) is 2.32. The molecule has 0 aromatic rings. The third-order valence-electron chi connectivity index (χ3n) is 1.15. The van der Waals surface area contributed by atoms with E-state index < -0.39 is 0 Å². The molecule has 52 valence electrons. The maximum absolute atomic E-state index is 5.49. The third-order valence-corrected chi connectivity index (χ3v) is 1.47. The summed E-state index contributed by atoms with van der Waals surface area (Å²) in [6.07, 6.45) is 1.90. The van der Waals surface area contributed by atoms with Gasteiger partial charge in [-0.2, -0.15) is 0 Å². The normalized spacial score (nSPS) is 12.2. The molecule has 0 aromatic carbocycles. The van der Waals surface area contributed by atoms with Crippen LogP contribution in [0.4, 0.5) is 0 Å². The first-order valence-corrected chi connectivity index (χ1v) is 3.92. The highest BCUT2D eigenvalue weighted by Crippen LogP contribution is 2.02. The predicted octanol–water partition coefficient (Wildman–Crippen LogP) is 2.50. The van der Waals surface area contributed by atoms with Crippen LogP contribution in [-0.4, -0.2) is 17.1 Å². The van der Waals surface area contributed by atoms with Crippen LogP contribution in [0.25, 0.3) is 0 Å². The summed E-state index contributed by atoms with van der Waals surface area (Å²) in [5, 5.41) is 2.35. The number of nitrogens with zero attached hydrogens (tertiary/aromatic N) is 1. The number of hydrogen-bond donors (Lipinski definition) is 0. The molecule has 0 aliphatic heterocycles. The molecule has 0 heterocycles. The molecule has 0 unspecified atom stereocenters. The molecule has 0 saturated heterocycles. The van der Waals surface area contributed by atoms with Gasteiger partial charge in [-0.3, -0.25) is 0 Å². The highest BCUT2D eigenvalue weighted by molar-refractivity contribution is 7.78.